The van der Waals surface area contributed by atoms with E-state index < -0.39 is 10.0 Å². The van der Waals surface area contributed by atoms with Crippen LogP contribution in [0.1, 0.15) is 56.7 Å². The molecule has 0 bridgehead atoms. The van der Waals surface area contributed by atoms with E-state index in [-0.39, 0.29) is 47.2 Å². The fourth-order valence-corrected chi connectivity index (χ4v) is 6.89. The van der Waals surface area contributed by atoms with Crippen LogP contribution >= 0.6 is 0 Å². The van der Waals surface area contributed by atoms with E-state index in [1.54, 1.807) is 18.2 Å². The molecule has 2 fully saturated rings. The zero-order valence-electron chi connectivity index (χ0n) is 20.3. The molecular weight excluding hydrogens is 462 g/mol. The van der Waals surface area contributed by atoms with Gasteiger partial charge in [-0.3, -0.25) is 9.59 Å². The summed E-state index contributed by atoms with van der Waals surface area (Å²) in [6.45, 7) is 4.53. The Morgan fingerprint density at radius 1 is 1.03 bits per heavy atom. The van der Waals surface area contributed by atoms with Gasteiger partial charge in [0.15, 0.2) is 0 Å². The number of amides is 2. The summed E-state index contributed by atoms with van der Waals surface area (Å²) in [5, 5.41) is 3.05. The molecule has 1 saturated heterocycles. The van der Waals surface area contributed by atoms with Crippen LogP contribution in [0.15, 0.2) is 53.4 Å². The molecule has 8 heteroatoms. The summed E-state index contributed by atoms with van der Waals surface area (Å²) in [7, 11) is -3.74. The van der Waals surface area contributed by atoms with Gasteiger partial charge < -0.3 is 10.2 Å². The first-order valence-corrected chi connectivity index (χ1v) is 14.0. The molecule has 2 aliphatic heterocycles. The molecule has 1 N–H and O–H groups in total. The zero-order chi connectivity index (χ0) is 24.7. The molecule has 0 spiro atoms. The number of carbonyl (C=O) groups excluding carboxylic acids is 2. The molecule has 0 radical (unpaired) electrons. The Morgan fingerprint density at radius 3 is 2.49 bits per heavy atom. The number of benzene rings is 2. The number of rotatable bonds is 6. The second kappa shape index (κ2) is 9.39. The van der Waals surface area contributed by atoms with Crippen molar-refractivity contribution in [3.05, 3.63) is 59.7 Å². The Balaban J connectivity index is 1.29. The van der Waals surface area contributed by atoms with Gasteiger partial charge in [0.1, 0.15) is 0 Å². The third-order valence-electron chi connectivity index (χ3n) is 7.48. The monoisotopic (exact) mass is 495 g/mol. The number of hydrogen-bond acceptors (Lipinski definition) is 4. The molecule has 2 aromatic carbocycles. The third kappa shape index (κ3) is 4.74. The van der Waals surface area contributed by atoms with E-state index in [0.29, 0.717) is 25.8 Å². The van der Waals surface area contributed by atoms with Crippen LogP contribution in [0.25, 0.3) is 0 Å². The smallest absolute Gasteiger partial charge is 0.243 e. The second-order valence-electron chi connectivity index (χ2n) is 10.2. The topological polar surface area (TPSA) is 86.8 Å². The van der Waals surface area contributed by atoms with E-state index in [4.69, 9.17) is 0 Å². The van der Waals surface area contributed by atoms with Gasteiger partial charge in [0.05, 0.1) is 16.9 Å². The maximum absolute atomic E-state index is 13.5. The van der Waals surface area contributed by atoms with Crippen LogP contribution in [0.2, 0.25) is 0 Å². The van der Waals surface area contributed by atoms with Gasteiger partial charge in [-0.15, -0.1) is 0 Å². The Morgan fingerprint density at radius 2 is 1.77 bits per heavy atom. The number of sulfonamides is 1. The summed E-state index contributed by atoms with van der Waals surface area (Å²) in [4.78, 5) is 27.8. The fraction of sp³-hybridized carbons (Fsp3) is 0.481. The van der Waals surface area contributed by atoms with Crippen molar-refractivity contribution in [1.82, 2.24) is 9.62 Å². The highest BCUT2D eigenvalue weighted by Crippen LogP contribution is 2.40. The molecule has 3 unspecified atom stereocenters. The van der Waals surface area contributed by atoms with Crippen LogP contribution in [0.4, 0.5) is 5.69 Å². The van der Waals surface area contributed by atoms with Crippen LogP contribution in [-0.4, -0.2) is 43.7 Å². The molecule has 2 amide bonds. The normalized spacial score (nSPS) is 23.5. The van der Waals surface area contributed by atoms with Crippen molar-refractivity contribution in [3.8, 4) is 0 Å². The quantitative estimate of drug-likeness (QED) is 0.663. The fourth-order valence-electron chi connectivity index (χ4n) is 5.31. The van der Waals surface area contributed by atoms with Gasteiger partial charge in [-0.05, 0) is 75.3 Å². The lowest BCUT2D eigenvalue weighted by molar-refractivity contribution is -0.126. The lowest BCUT2D eigenvalue weighted by atomic mass is 9.98. The highest BCUT2D eigenvalue weighted by Gasteiger charge is 2.40. The lowest BCUT2D eigenvalue weighted by Gasteiger charge is -2.32. The minimum Gasteiger partial charge on any atom is -0.349 e. The molecule has 7 nitrogen and oxygen atoms in total. The number of fused-ring (bicyclic) bond motifs is 1. The Labute approximate surface area is 207 Å². The maximum atomic E-state index is 13.5. The number of piperidine rings is 1. The van der Waals surface area contributed by atoms with E-state index >= 15 is 0 Å². The number of carbonyl (C=O) groups is 2. The van der Waals surface area contributed by atoms with Crippen molar-refractivity contribution in [2.75, 3.05) is 18.0 Å². The predicted octanol–water partition coefficient (Wildman–Crippen LogP) is 3.65. The van der Waals surface area contributed by atoms with Crippen LogP contribution in [0.3, 0.4) is 0 Å². The van der Waals surface area contributed by atoms with Gasteiger partial charge in [0.25, 0.3) is 0 Å². The summed E-state index contributed by atoms with van der Waals surface area (Å²) in [5.41, 5.74) is 2.75. The largest absolute Gasteiger partial charge is 0.349 e. The average molecular weight is 496 g/mol. The molecule has 186 valence electrons. The van der Waals surface area contributed by atoms with Gasteiger partial charge in [-0.2, -0.15) is 4.31 Å². The summed E-state index contributed by atoms with van der Waals surface area (Å²) < 4.78 is 28.5. The maximum Gasteiger partial charge on any atom is 0.243 e. The summed E-state index contributed by atoms with van der Waals surface area (Å²) >= 11 is 0. The SMILES string of the molecule is CC(NC(=O)C1CCCN(S(=O)(=O)c2ccc3c(c2)CC(C)N3C(=O)C2CC2)C1)c1ccccc1. The number of anilines is 1. The molecule has 3 aliphatic rings. The highest BCUT2D eigenvalue weighted by atomic mass is 32.2. The minimum atomic E-state index is -3.74. The van der Waals surface area contributed by atoms with E-state index in [1.807, 2.05) is 49.1 Å². The van der Waals surface area contributed by atoms with Gasteiger partial charge in [0, 0.05) is 30.7 Å². The molecule has 1 saturated carbocycles. The van der Waals surface area contributed by atoms with Crippen molar-refractivity contribution in [3.63, 3.8) is 0 Å². The number of nitrogens with one attached hydrogen (secondary N) is 1. The molecule has 35 heavy (non-hydrogen) atoms. The van der Waals surface area contributed by atoms with E-state index in [1.165, 1.54) is 4.31 Å². The number of hydrogen-bond donors (Lipinski definition) is 1. The lowest BCUT2D eigenvalue weighted by Crippen LogP contribution is -2.45. The standard InChI is InChI=1S/C27H33N3O4S/c1-18-15-23-16-24(12-13-25(23)30(18)27(32)21-10-11-21)35(33,34)29-14-6-9-22(17-29)26(31)28-19(2)20-7-4-3-5-8-20/h3-5,7-8,12-13,16,18-19,21-22H,6,9-11,14-15,17H2,1-2H3,(H,28,31). The van der Waals surface area contributed by atoms with E-state index in [2.05, 4.69) is 5.32 Å². The van der Waals surface area contributed by atoms with Crippen molar-refractivity contribution in [2.45, 2.75) is 62.9 Å². The zero-order valence-corrected chi connectivity index (χ0v) is 21.1. The van der Waals surface area contributed by atoms with E-state index in [9.17, 15) is 18.0 Å². The van der Waals surface area contributed by atoms with Gasteiger partial charge >= 0.3 is 0 Å². The predicted molar refractivity (Wildman–Crippen MR) is 134 cm³/mol. The first-order chi connectivity index (χ1) is 16.8. The first kappa shape index (κ1) is 24.0. The average Bonchev–Trinajstić information content (AvgIpc) is 3.66. The first-order valence-electron chi connectivity index (χ1n) is 12.6. The summed E-state index contributed by atoms with van der Waals surface area (Å²) in [6.07, 6.45) is 3.84. The summed E-state index contributed by atoms with van der Waals surface area (Å²) in [6, 6.07) is 14.8. The minimum absolute atomic E-state index is 0.0331. The molecule has 3 atom stereocenters. The van der Waals surface area contributed by atoms with Crippen molar-refractivity contribution in [1.29, 1.82) is 0 Å². The molecule has 1 aliphatic carbocycles. The van der Waals surface area contributed by atoms with Gasteiger partial charge in [-0.1, -0.05) is 30.3 Å². The Kier molecular flexibility index (Phi) is 6.44. The molecule has 2 heterocycles. The van der Waals surface area contributed by atoms with Crippen LogP contribution in [-0.2, 0) is 26.0 Å². The molecular formula is C27H33N3O4S. The highest BCUT2D eigenvalue weighted by molar-refractivity contribution is 7.89. The van der Waals surface area contributed by atoms with Crippen molar-refractivity contribution in [2.24, 2.45) is 11.8 Å². The van der Waals surface area contributed by atoms with Crippen LogP contribution in [0.5, 0.6) is 0 Å². The van der Waals surface area contributed by atoms with Gasteiger partial charge in [0.2, 0.25) is 21.8 Å². The van der Waals surface area contributed by atoms with E-state index in [0.717, 1.165) is 29.7 Å². The summed E-state index contributed by atoms with van der Waals surface area (Å²) in [5.74, 6) is -0.224. The second-order valence-corrected chi connectivity index (χ2v) is 12.1. The van der Waals surface area contributed by atoms with Gasteiger partial charge in [-0.25, -0.2) is 8.42 Å². The Hall–Kier alpha value is -2.71. The molecule has 2 aromatic rings. The van der Waals surface area contributed by atoms with Crippen LogP contribution in [0, 0.1) is 11.8 Å². The number of nitrogens with zero attached hydrogens (tertiary/aromatic N) is 2. The Bertz CT molecular complexity index is 1230. The van der Waals surface area contributed by atoms with Crippen LogP contribution < -0.4 is 10.2 Å². The molecule has 0 aromatic heterocycles. The third-order valence-corrected chi connectivity index (χ3v) is 9.34. The van der Waals surface area contributed by atoms with Crippen molar-refractivity contribution >= 4 is 27.5 Å². The molecule has 5 rings (SSSR count). The van der Waals surface area contributed by atoms with Crippen molar-refractivity contribution < 1.29 is 18.0 Å².